The van der Waals surface area contributed by atoms with E-state index in [1.54, 1.807) is 0 Å². The van der Waals surface area contributed by atoms with Gasteiger partial charge in [0.2, 0.25) is 0 Å². The molecule has 1 saturated carbocycles. The second kappa shape index (κ2) is 5.68. The molecule has 3 heterocycles. The van der Waals surface area contributed by atoms with Gasteiger partial charge in [-0.3, -0.25) is 0 Å². The van der Waals surface area contributed by atoms with Gasteiger partial charge in [0.15, 0.2) is 5.79 Å². The number of rotatable bonds is 2. The summed E-state index contributed by atoms with van der Waals surface area (Å²) in [6.07, 6.45) is 4.34. The van der Waals surface area contributed by atoms with Gasteiger partial charge in [-0.25, -0.2) is 9.97 Å². The number of hydrogen-bond donors (Lipinski definition) is 2. The van der Waals surface area contributed by atoms with E-state index in [0.717, 1.165) is 23.1 Å². The van der Waals surface area contributed by atoms with Crippen LogP contribution in [0.25, 0.3) is 11.0 Å². The van der Waals surface area contributed by atoms with E-state index < -0.39 is 5.79 Å². The molecule has 5 rings (SSSR count). The molecule has 1 aliphatic carbocycles. The molecule has 27 heavy (non-hydrogen) atoms. The van der Waals surface area contributed by atoms with Gasteiger partial charge in [0.25, 0.3) is 0 Å². The maximum absolute atomic E-state index is 6.32. The fraction of sp³-hybridized carbons (Fsp3) is 0.400. The molecule has 0 radical (unpaired) electrons. The smallest absolute Gasteiger partial charge is 0.163 e. The van der Waals surface area contributed by atoms with E-state index >= 15 is 0 Å². The Morgan fingerprint density at radius 2 is 1.78 bits per heavy atom. The summed E-state index contributed by atoms with van der Waals surface area (Å²) in [6, 6.07) is 10.1. The Kier molecular flexibility index (Phi) is 3.47. The number of fused-ring (bicyclic) bond motifs is 2. The molecule has 2 aliphatic rings. The first-order valence-corrected chi connectivity index (χ1v) is 9.21. The van der Waals surface area contributed by atoms with Crippen molar-refractivity contribution in [3.8, 4) is 0 Å². The van der Waals surface area contributed by atoms with Gasteiger partial charge >= 0.3 is 0 Å². The minimum Gasteiger partial charge on any atom is -0.399 e. The van der Waals surface area contributed by atoms with Gasteiger partial charge in [-0.15, -0.1) is 0 Å². The third kappa shape index (κ3) is 2.57. The number of hydrogen-bond acceptors (Lipinski definition) is 6. The molecule has 7 heteroatoms. The van der Waals surface area contributed by atoms with Crippen LogP contribution in [0.3, 0.4) is 0 Å². The van der Waals surface area contributed by atoms with E-state index in [0.29, 0.717) is 5.82 Å². The Labute approximate surface area is 157 Å². The van der Waals surface area contributed by atoms with E-state index in [1.807, 2.05) is 38.2 Å². The van der Waals surface area contributed by atoms with E-state index in [9.17, 15) is 0 Å². The highest BCUT2D eigenvalue weighted by Gasteiger charge is 2.55. The van der Waals surface area contributed by atoms with Crippen LogP contribution in [0.5, 0.6) is 0 Å². The summed E-state index contributed by atoms with van der Waals surface area (Å²) in [5.41, 5.74) is 14.7. The van der Waals surface area contributed by atoms with Gasteiger partial charge in [0, 0.05) is 17.8 Å². The minimum atomic E-state index is -0.614. The van der Waals surface area contributed by atoms with E-state index in [4.69, 9.17) is 20.9 Å². The van der Waals surface area contributed by atoms with Gasteiger partial charge in [-0.2, -0.15) is 0 Å². The third-order valence-corrected chi connectivity index (χ3v) is 5.70. The molecule has 0 spiro atoms. The quantitative estimate of drug-likeness (QED) is 0.677. The summed E-state index contributed by atoms with van der Waals surface area (Å²) in [7, 11) is 0. The molecule has 0 bridgehead atoms. The first-order chi connectivity index (χ1) is 12.9. The Balaban J connectivity index is 1.58. The van der Waals surface area contributed by atoms with Crippen molar-refractivity contribution in [1.82, 2.24) is 14.5 Å². The van der Waals surface area contributed by atoms with Gasteiger partial charge in [-0.05, 0) is 44.0 Å². The van der Waals surface area contributed by atoms with E-state index in [-0.39, 0.29) is 24.2 Å². The fourth-order valence-electron chi connectivity index (χ4n) is 4.55. The van der Waals surface area contributed by atoms with Crippen LogP contribution in [-0.4, -0.2) is 32.5 Å². The Bertz CT molecular complexity index is 997. The summed E-state index contributed by atoms with van der Waals surface area (Å²) in [4.78, 5) is 8.56. The van der Waals surface area contributed by atoms with Crippen LogP contribution in [0, 0.1) is 0 Å². The average Bonchev–Trinajstić information content (AvgIpc) is 3.27. The lowest BCUT2D eigenvalue weighted by Gasteiger charge is -2.24. The van der Waals surface area contributed by atoms with Crippen molar-refractivity contribution in [2.24, 2.45) is 0 Å². The molecule has 2 fully saturated rings. The normalized spacial score (nSPS) is 29.3. The fourth-order valence-corrected chi connectivity index (χ4v) is 4.55. The van der Waals surface area contributed by atoms with Crippen LogP contribution >= 0.6 is 0 Å². The monoisotopic (exact) mass is 365 g/mol. The number of benzene rings is 1. The molecule has 140 valence electrons. The van der Waals surface area contributed by atoms with Crippen molar-refractivity contribution in [1.29, 1.82) is 0 Å². The topological polar surface area (TPSA) is 101 Å². The van der Waals surface area contributed by atoms with Crippen molar-refractivity contribution in [2.75, 3.05) is 11.5 Å². The molecular formula is C20H23N5O2. The highest BCUT2D eigenvalue weighted by atomic mass is 16.8. The second-order valence-corrected chi connectivity index (χ2v) is 7.86. The van der Waals surface area contributed by atoms with Crippen molar-refractivity contribution in [2.45, 2.75) is 50.2 Å². The van der Waals surface area contributed by atoms with E-state index in [2.05, 4.69) is 26.7 Å². The van der Waals surface area contributed by atoms with Gasteiger partial charge in [0.1, 0.15) is 23.9 Å². The summed E-state index contributed by atoms with van der Waals surface area (Å²) in [5, 5.41) is 0.864. The molecule has 4 atom stereocenters. The van der Waals surface area contributed by atoms with Gasteiger partial charge in [-0.1, -0.05) is 12.1 Å². The van der Waals surface area contributed by atoms with Crippen LogP contribution < -0.4 is 11.5 Å². The molecule has 4 N–H and O–H groups in total. The van der Waals surface area contributed by atoms with Crippen LogP contribution in [0.4, 0.5) is 11.5 Å². The molecule has 2 aromatic heterocycles. The van der Waals surface area contributed by atoms with Gasteiger partial charge in [0.05, 0.1) is 17.5 Å². The second-order valence-electron chi connectivity index (χ2n) is 7.86. The number of anilines is 2. The summed E-state index contributed by atoms with van der Waals surface area (Å²) in [5.74, 6) is 0.100. The lowest BCUT2D eigenvalue weighted by Crippen LogP contribution is -2.27. The predicted molar refractivity (Wildman–Crippen MR) is 103 cm³/mol. The zero-order chi connectivity index (χ0) is 18.8. The highest BCUT2D eigenvalue weighted by molar-refractivity contribution is 5.86. The van der Waals surface area contributed by atoms with Crippen molar-refractivity contribution >= 4 is 22.5 Å². The largest absolute Gasteiger partial charge is 0.399 e. The molecule has 7 nitrogen and oxygen atoms in total. The Hall–Kier alpha value is -2.64. The maximum atomic E-state index is 6.32. The molecule has 1 aromatic carbocycles. The van der Waals surface area contributed by atoms with Crippen LogP contribution in [0.15, 0.2) is 42.9 Å². The molecular weight excluding hydrogens is 342 g/mol. The van der Waals surface area contributed by atoms with Gasteiger partial charge < -0.3 is 25.5 Å². The molecule has 1 aliphatic heterocycles. The van der Waals surface area contributed by atoms with Crippen LogP contribution in [0.1, 0.15) is 37.8 Å². The summed E-state index contributed by atoms with van der Waals surface area (Å²) < 4.78 is 14.8. The Morgan fingerprint density at radius 3 is 2.56 bits per heavy atom. The maximum Gasteiger partial charge on any atom is 0.163 e. The lowest BCUT2D eigenvalue weighted by atomic mass is 9.95. The summed E-state index contributed by atoms with van der Waals surface area (Å²) in [6.45, 7) is 3.94. The zero-order valence-electron chi connectivity index (χ0n) is 15.4. The number of aromatic nitrogens is 3. The van der Waals surface area contributed by atoms with Crippen molar-refractivity contribution < 1.29 is 9.47 Å². The first kappa shape index (κ1) is 16.5. The SMILES string of the molecule is CC1(C)O[C@@H]2[C@H](O1)[C@@H](c1ccc(N)cc1)C[C@H]2n1ccc2c(N)ncnc21. The van der Waals surface area contributed by atoms with Crippen molar-refractivity contribution in [3.05, 3.63) is 48.4 Å². The predicted octanol–water partition coefficient (Wildman–Crippen LogP) is 2.84. The standard InChI is InChI=1S/C20H23N5O2/c1-20(2)26-16-14(11-3-5-12(21)6-4-11)9-15(17(16)27-20)25-8-7-13-18(22)23-10-24-19(13)25/h3-8,10,14-17H,9,21H2,1-2H3,(H2,22,23,24)/t14-,15-,16-,17+/m1/s1. The molecule has 0 unspecified atom stereocenters. The first-order valence-electron chi connectivity index (χ1n) is 9.21. The van der Waals surface area contributed by atoms with Crippen LogP contribution in [-0.2, 0) is 9.47 Å². The zero-order valence-corrected chi connectivity index (χ0v) is 15.4. The van der Waals surface area contributed by atoms with Crippen LogP contribution in [0.2, 0.25) is 0 Å². The molecule has 0 amide bonds. The summed E-state index contributed by atoms with van der Waals surface area (Å²) >= 11 is 0. The molecule has 3 aromatic rings. The number of nitrogens with zero attached hydrogens (tertiary/aromatic N) is 3. The number of nitrogen functional groups attached to an aromatic ring is 2. The number of ether oxygens (including phenoxy) is 2. The highest BCUT2D eigenvalue weighted by Crippen LogP contribution is 2.51. The van der Waals surface area contributed by atoms with Crippen molar-refractivity contribution in [3.63, 3.8) is 0 Å². The molecule has 1 saturated heterocycles. The Morgan fingerprint density at radius 1 is 1.04 bits per heavy atom. The number of nitrogens with two attached hydrogens (primary N) is 2. The lowest BCUT2D eigenvalue weighted by molar-refractivity contribution is -0.157. The minimum absolute atomic E-state index is 0.0229. The third-order valence-electron chi connectivity index (χ3n) is 5.70. The van der Waals surface area contributed by atoms with E-state index in [1.165, 1.54) is 11.9 Å². The average molecular weight is 365 g/mol.